The number of aromatic nitrogens is 2. The molecule has 6 heteroatoms. The molecule has 0 radical (unpaired) electrons. The molecule has 0 aromatic carbocycles. The molecule has 0 aliphatic heterocycles. The lowest BCUT2D eigenvalue weighted by atomic mass is 10.2. The average Bonchev–Trinajstić information content (AvgIpc) is 2.70. The lowest BCUT2D eigenvalue weighted by molar-refractivity contribution is -0.147. The Morgan fingerprint density at radius 3 is 2.75 bits per heavy atom. The van der Waals surface area contributed by atoms with Gasteiger partial charge < -0.3 is 4.74 Å². The zero-order chi connectivity index (χ0) is 14.9. The SMILES string of the molecule is CCOC(=O)[C@H](CC)n1cnc2sc(C)c(C)c2c1=O. The topological polar surface area (TPSA) is 61.2 Å². The molecule has 2 aromatic heterocycles. The van der Waals surface area contributed by atoms with Crippen LogP contribution in [0.5, 0.6) is 0 Å². The van der Waals surface area contributed by atoms with Crippen molar-refractivity contribution in [2.75, 3.05) is 6.61 Å². The summed E-state index contributed by atoms with van der Waals surface area (Å²) in [4.78, 5) is 30.6. The van der Waals surface area contributed by atoms with Gasteiger partial charge in [0.25, 0.3) is 5.56 Å². The van der Waals surface area contributed by atoms with E-state index in [4.69, 9.17) is 4.74 Å². The second-order valence-corrected chi connectivity index (χ2v) is 5.80. The zero-order valence-electron chi connectivity index (χ0n) is 12.1. The van der Waals surface area contributed by atoms with Crippen LogP contribution in [0.2, 0.25) is 0 Å². The largest absolute Gasteiger partial charge is 0.464 e. The molecule has 108 valence electrons. The normalized spacial score (nSPS) is 12.6. The number of nitrogens with zero attached hydrogens (tertiary/aromatic N) is 2. The molecule has 0 aliphatic rings. The third kappa shape index (κ3) is 2.35. The highest BCUT2D eigenvalue weighted by atomic mass is 32.1. The highest BCUT2D eigenvalue weighted by Gasteiger charge is 2.23. The molecule has 0 N–H and O–H groups in total. The number of hydrogen-bond acceptors (Lipinski definition) is 5. The van der Waals surface area contributed by atoms with Crippen molar-refractivity contribution >= 4 is 27.5 Å². The van der Waals surface area contributed by atoms with Crippen LogP contribution in [0.4, 0.5) is 0 Å². The number of carbonyl (C=O) groups excluding carboxylic acids is 1. The Hall–Kier alpha value is -1.69. The van der Waals surface area contributed by atoms with E-state index in [1.54, 1.807) is 6.92 Å². The Morgan fingerprint density at radius 2 is 2.15 bits per heavy atom. The molecule has 2 rings (SSSR count). The molecule has 0 amide bonds. The third-order valence-electron chi connectivity index (χ3n) is 3.40. The lowest BCUT2D eigenvalue weighted by Gasteiger charge is -2.16. The van der Waals surface area contributed by atoms with E-state index in [1.807, 2.05) is 20.8 Å². The van der Waals surface area contributed by atoms with E-state index >= 15 is 0 Å². The molecule has 20 heavy (non-hydrogen) atoms. The van der Waals surface area contributed by atoms with Crippen molar-refractivity contribution in [3.05, 3.63) is 27.1 Å². The van der Waals surface area contributed by atoms with Crippen LogP contribution in [0.15, 0.2) is 11.1 Å². The van der Waals surface area contributed by atoms with Gasteiger partial charge in [-0.05, 0) is 32.8 Å². The van der Waals surface area contributed by atoms with Crippen molar-refractivity contribution in [1.29, 1.82) is 0 Å². The summed E-state index contributed by atoms with van der Waals surface area (Å²) in [5.74, 6) is -0.386. The fourth-order valence-corrected chi connectivity index (χ4v) is 3.17. The van der Waals surface area contributed by atoms with Crippen LogP contribution in [-0.4, -0.2) is 22.1 Å². The van der Waals surface area contributed by atoms with Crippen LogP contribution < -0.4 is 5.56 Å². The van der Waals surface area contributed by atoms with Gasteiger partial charge in [-0.15, -0.1) is 11.3 Å². The minimum absolute atomic E-state index is 0.170. The maximum absolute atomic E-state index is 12.6. The molecule has 0 unspecified atom stereocenters. The van der Waals surface area contributed by atoms with Gasteiger partial charge in [0.15, 0.2) is 0 Å². The molecule has 0 bridgehead atoms. The summed E-state index contributed by atoms with van der Waals surface area (Å²) in [5.41, 5.74) is 0.771. The van der Waals surface area contributed by atoms with Crippen molar-refractivity contribution in [2.45, 2.75) is 40.2 Å². The highest BCUT2D eigenvalue weighted by molar-refractivity contribution is 7.18. The summed E-state index contributed by atoms with van der Waals surface area (Å²) in [5, 5.41) is 0.609. The molecule has 2 heterocycles. The molecule has 2 aromatic rings. The van der Waals surface area contributed by atoms with Gasteiger partial charge in [0.2, 0.25) is 0 Å². The van der Waals surface area contributed by atoms with E-state index < -0.39 is 6.04 Å². The van der Waals surface area contributed by atoms with Crippen LogP contribution >= 0.6 is 11.3 Å². The number of thiophene rings is 1. The van der Waals surface area contributed by atoms with Crippen molar-refractivity contribution < 1.29 is 9.53 Å². The first-order valence-corrected chi connectivity index (χ1v) is 7.46. The standard InChI is InChI=1S/C14H18N2O3S/c1-5-10(14(18)19-6-2)16-7-15-12-11(13(16)17)8(3)9(4)20-12/h7,10H,5-6H2,1-4H3/t10-/m0/s1. The van der Waals surface area contributed by atoms with Crippen molar-refractivity contribution in [1.82, 2.24) is 9.55 Å². The van der Waals surface area contributed by atoms with Crippen molar-refractivity contribution in [3.63, 3.8) is 0 Å². The summed E-state index contributed by atoms with van der Waals surface area (Å²) in [7, 11) is 0. The number of esters is 1. The Kier molecular flexibility index (Phi) is 4.23. The van der Waals surface area contributed by atoms with E-state index in [-0.39, 0.29) is 11.5 Å². The van der Waals surface area contributed by atoms with E-state index in [9.17, 15) is 9.59 Å². The quantitative estimate of drug-likeness (QED) is 0.813. The lowest BCUT2D eigenvalue weighted by Crippen LogP contribution is -2.31. The molecule has 0 fully saturated rings. The number of hydrogen-bond donors (Lipinski definition) is 0. The fraction of sp³-hybridized carbons (Fsp3) is 0.500. The molecular formula is C14H18N2O3S. The molecule has 0 saturated carbocycles. The minimum atomic E-state index is -0.612. The first-order chi connectivity index (χ1) is 9.51. The van der Waals surface area contributed by atoms with Crippen LogP contribution in [0, 0.1) is 13.8 Å². The smallest absolute Gasteiger partial charge is 0.329 e. The van der Waals surface area contributed by atoms with Gasteiger partial charge in [0, 0.05) is 4.88 Å². The third-order valence-corrected chi connectivity index (χ3v) is 4.51. The van der Waals surface area contributed by atoms with Gasteiger partial charge in [-0.1, -0.05) is 6.92 Å². The highest BCUT2D eigenvalue weighted by Crippen LogP contribution is 2.26. The predicted octanol–water partition coefficient (Wildman–Crippen LogP) is 2.59. The van der Waals surface area contributed by atoms with Gasteiger partial charge in [-0.25, -0.2) is 9.78 Å². The molecular weight excluding hydrogens is 276 g/mol. The maximum Gasteiger partial charge on any atom is 0.329 e. The summed E-state index contributed by atoms with van der Waals surface area (Å²) in [6, 6.07) is -0.612. The first kappa shape index (κ1) is 14.7. The number of rotatable bonds is 4. The van der Waals surface area contributed by atoms with E-state index in [0.717, 1.165) is 15.3 Å². The molecule has 5 nitrogen and oxygen atoms in total. The summed E-state index contributed by atoms with van der Waals surface area (Å²) >= 11 is 1.50. The minimum Gasteiger partial charge on any atom is -0.464 e. The average molecular weight is 294 g/mol. The van der Waals surface area contributed by atoms with Crippen molar-refractivity contribution in [3.8, 4) is 0 Å². The second kappa shape index (κ2) is 5.75. The fourth-order valence-electron chi connectivity index (χ4n) is 2.19. The Balaban J connectivity index is 2.60. The Labute approximate surface area is 121 Å². The molecule has 0 saturated heterocycles. The Morgan fingerprint density at radius 1 is 1.45 bits per heavy atom. The van der Waals surface area contributed by atoms with Crippen molar-refractivity contribution in [2.24, 2.45) is 0 Å². The van der Waals surface area contributed by atoms with Gasteiger partial charge in [-0.3, -0.25) is 9.36 Å². The van der Waals surface area contributed by atoms with E-state index in [0.29, 0.717) is 18.4 Å². The number of carbonyl (C=O) groups is 1. The number of aryl methyl sites for hydroxylation is 2. The molecule has 0 aliphatic carbocycles. The van der Waals surface area contributed by atoms with Crippen LogP contribution in [-0.2, 0) is 9.53 Å². The monoisotopic (exact) mass is 294 g/mol. The van der Waals surface area contributed by atoms with Crippen LogP contribution in [0.3, 0.4) is 0 Å². The number of ether oxygens (including phenoxy) is 1. The van der Waals surface area contributed by atoms with E-state index in [1.165, 1.54) is 22.2 Å². The Bertz CT molecular complexity index is 702. The van der Waals surface area contributed by atoms with Gasteiger partial charge >= 0.3 is 5.97 Å². The van der Waals surface area contributed by atoms with Gasteiger partial charge in [-0.2, -0.15) is 0 Å². The summed E-state index contributed by atoms with van der Waals surface area (Å²) < 4.78 is 6.42. The maximum atomic E-state index is 12.6. The number of fused-ring (bicyclic) bond motifs is 1. The molecule has 0 spiro atoms. The second-order valence-electron chi connectivity index (χ2n) is 4.60. The first-order valence-electron chi connectivity index (χ1n) is 6.64. The predicted molar refractivity (Wildman–Crippen MR) is 79.3 cm³/mol. The van der Waals surface area contributed by atoms with Gasteiger partial charge in [0.1, 0.15) is 10.9 Å². The van der Waals surface area contributed by atoms with Crippen LogP contribution in [0.25, 0.3) is 10.2 Å². The summed E-state index contributed by atoms with van der Waals surface area (Å²) in [6.07, 6.45) is 1.94. The van der Waals surface area contributed by atoms with E-state index in [2.05, 4.69) is 4.98 Å². The molecule has 1 atom stereocenters. The van der Waals surface area contributed by atoms with Gasteiger partial charge in [0.05, 0.1) is 18.3 Å². The zero-order valence-corrected chi connectivity index (χ0v) is 12.9. The van der Waals surface area contributed by atoms with Crippen LogP contribution in [0.1, 0.15) is 36.8 Å². The summed E-state index contributed by atoms with van der Waals surface area (Å²) in [6.45, 7) is 7.78.